The van der Waals surface area contributed by atoms with Gasteiger partial charge in [-0.25, -0.2) is 0 Å². The van der Waals surface area contributed by atoms with Gasteiger partial charge >= 0.3 is 0 Å². The van der Waals surface area contributed by atoms with Crippen LogP contribution < -0.4 is 5.73 Å². The van der Waals surface area contributed by atoms with Crippen LogP contribution in [-0.2, 0) is 0 Å². The van der Waals surface area contributed by atoms with E-state index >= 15 is 0 Å². The van der Waals surface area contributed by atoms with Crippen molar-refractivity contribution < 1.29 is 5.11 Å². The van der Waals surface area contributed by atoms with Gasteiger partial charge in [0, 0.05) is 10.9 Å². The number of alkyl halides is 1. The summed E-state index contributed by atoms with van der Waals surface area (Å²) in [7, 11) is 0. The van der Waals surface area contributed by atoms with E-state index in [0.717, 1.165) is 17.6 Å². The second-order valence-corrected chi connectivity index (χ2v) is 3.70. The van der Waals surface area contributed by atoms with E-state index in [1.807, 2.05) is 25.2 Å². The summed E-state index contributed by atoms with van der Waals surface area (Å²) in [4.78, 5) is 0. The highest BCUT2D eigenvalue weighted by atomic mass is 79.9. The molecule has 0 aromatic heterocycles. The fourth-order valence-corrected chi connectivity index (χ4v) is 2.10. The Hall–Kier alpha value is -0.960. The minimum Gasteiger partial charge on any atom is -0.495 e. The molecular formula is C11H14BrNO. The van der Waals surface area contributed by atoms with Crippen molar-refractivity contribution >= 4 is 15.9 Å². The van der Waals surface area contributed by atoms with Crippen LogP contribution in [0.5, 0.6) is 0 Å². The molecule has 2 nitrogen and oxygen atoms in total. The summed E-state index contributed by atoms with van der Waals surface area (Å²) in [6, 6.07) is 0. The van der Waals surface area contributed by atoms with E-state index in [2.05, 4.69) is 22.0 Å². The molecule has 3 heteroatoms. The van der Waals surface area contributed by atoms with Gasteiger partial charge in [0.2, 0.25) is 0 Å². The summed E-state index contributed by atoms with van der Waals surface area (Å²) >= 11 is 3.40. The first-order valence-corrected chi connectivity index (χ1v) is 5.56. The molecule has 0 fully saturated rings. The summed E-state index contributed by atoms with van der Waals surface area (Å²) in [5.41, 5.74) is 8.36. The first-order valence-electron chi connectivity index (χ1n) is 4.43. The van der Waals surface area contributed by atoms with Crippen molar-refractivity contribution in [1.29, 1.82) is 0 Å². The molecule has 0 bridgehead atoms. The Morgan fingerprint density at radius 2 is 2.29 bits per heavy atom. The zero-order chi connectivity index (χ0) is 10.6. The van der Waals surface area contributed by atoms with Crippen molar-refractivity contribution in [1.82, 2.24) is 0 Å². The Kier molecular flexibility index (Phi) is 4.01. The molecule has 0 unspecified atom stereocenters. The van der Waals surface area contributed by atoms with E-state index in [1.165, 1.54) is 5.57 Å². The molecule has 0 radical (unpaired) electrons. The SMILES string of the molecule is CC(/C(CBr)=C1/C=CC=CC1)=C(/N)O. The van der Waals surface area contributed by atoms with Crippen LogP contribution in [0, 0.1) is 0 Å². The van der Waals surface area contributed by atoms with Crippen molar-refractivity contribution in [3.05, 3.63) is 46.9 Å². The molecule has 0 saturated carbocycles. The van der Waals surface area contributed by atoms with Crippen molar-refractivity contribution in [3.8, 4) is 0 Å². The zero-order valence-electron chi connectivity index (χ0n) is 8.13. The molecule has 0 spiro atoms. The fourth-order valence-electron chi connectivity index (χ4n) is 1.32. The van der Waals surface area contributed by atoms with Crippen LogP contribution in [0.15, 0.2) is 46.9 Å². The van der Waals surface area contributed by atoms with Gasteiger partial charge in [0.05, 0.1) is 0 Å². The highest BCUT2D eigenvalue weighted by molar-refractivity contribution is 9.09. The van der Waals surface area contributed by atoms with E-state index < -0.39 is 0 Å². The summed E-state index contributed by atoms with van der Waals surface area (Å²) in [6.45, 7) is 1.82. The Bertz CT molecular complexity index is 333. The molecular weight excluding hydrogens is 242 g/mol. The highest BCUT2D eigenvalue weighted by Crippen LogP contribution is 2.23. The topological polar surface area (TPSA) is 46.2 Å². The van der Waals surface area contributed by atoms with Gasteiger partial charge in [-0.1, -0.05) is 40.2 Å². The quantitative estimate of drug-likeness (QED) is 0.589. The summed E-state index contributed by atoms with van der Waals surface area (Å²) < 4.78 is 0. The van der Waals surface area contributed by atoms with E-state index in [0.29, 0.717) is 5.33 Å². The molecule has 0 amide bonds. The van der Waals surface area contributed by atoms with Crippen molar-refractivity contribution in [2.45, 2.75) is 13.3 Å². The van der Waals surface area contributed by atoms with Gasteiger partial charge in [-0.15, -0.1) is 0 Å². The van der Waals surface area contributed by atoms with Gasteiger partial charge in [-0.3, -0.25) is 0 Å². The smallest absolute Gasteiger partial charge is 0.184 e. The third-order valence-corrected chi connectivity index (χ3v) is 2.80. The number of nitrogens with two attached hydrogens (primary N) is 1. The number of aliphatic hydroxyl groups is 1. The lowest BCUT2D eigenvalue weighted by Gasteiger charge is -2.12. The van der Waals surface area contributed by atoms with Crippen LogP contribution in [0.2, 0.25) is 0 Å². The van der Waals surface area contributed by atoms with Crippen LogP contribution in [0.25, 0.3) is 0 Å². The Morgan fingerprint density at radius 1 is 1.57 bits per heavy atom. The van der Waals surface area contributed by atoms with Crippen LogP contribution >= 0.6 is 15.9 Å². The van der Waals surface area contributed by atoms with Crippen LogP contribution in [0.3, 0.4) is 0 Å². The number of halogens is 1. The predicted octanol–water partition coefficient (Wildman–Crippen LogP) is 2.94. The average molecular weight is 256 g/mol. The monoisotopic (exact) mass is 255 g/mol. The molecule has 1 rings (SSSR count). The van der Waals surface area contributed by atoms with E-state index in [9.17, 15) is 5.11 Å². The van der Waals surface area contributed by atoms with E-state index in [-0.39, 0.29) is 5.88 Å². The van der Waals surface area contributed by atoms with Gasteiger partial charge in [-0.05, 0) is 24.5 Å². The molecule has 14 heavy (non-hydrogen) atoms. The van der Waals surface area contributed by atoms with Crippen LogP contribution in [-0.4, -0.2) is 10.4 Å². The minimum atomic E-state index is -0.102. The summed E-state index contributed by atoms with van der Waals surface area (Å²) in [5.74, 6) is -0.102. The Morgan fingerprint density at radius 3 is 2.71 bits per heavy atom. The third kappa shape index (κ3) is 2.51. The fraction of sp³-hybridized carbons (Fsp3) is 0.273. The molecule has 0 aromatic carbocycles. The number of hydrogen-bond donors (Lipinski definition) is 2. The first-order chi connectivity index (χ1) is 6.66. The molecule has 1 aliphatic carbocycles. The number of allylic oxidation sites excluding steroid dienone is 7. The van der Waals surface area contributed by atoms with Crippen LogP contribution in [0.1, 0.15) is 13.3 Å². The van der Waals surface area contributed by atoms with E-state index in [1.54, 1.807) is 0 Å². The third-order valence-electron chi connectivity index (χ3n) is 2.24. The van der Waals surface area contributed by atoms with E-state index in [4.69, 9.17) is 5.73 Å². The highest BCUT2D eigenvalue weighted by Gasteiger charge is 2.08. The lowest BCUT2D eigenvalue weighted by atomic mass is 9.98. The van der Waals surface area contributed by atoms with Gasteiger partial charge in [-0.2, -0.15) is 0 Å². The normalized spacial score (nSPS) is 20.7. The molecule has 0 saturated heterocycles. The first kappa shape index (κ1) is 11.1. The van der Waals surface area contributed by atoms with Crippen molar-refractivity contribution in [3.63, 3.8) is 0 Å². The molecule has 0 aliphatic heterocycles. The average Bonchev–Trinajstić information content (AvgIpc) is 2.20. The standard InChI is InChI=1S/C11H14BrNO/c1-8(11(13)14)10(7-12)9-5-3-2-4-6-9/h2-5,14H,6-7,13H2,1H3/b10-9-,11-8+. The van der Waals surface area contributed by atoms with Gasteiger partial charge in [0.1, 0.15) is 0 Å². The molecule has 3 N–H and O–H groups in total. The van der Waals surface area contributed by atoms with Gasteiger partial charge in [0.25, 0.3) is 0 Å². The lowest BCUT2D eigenvalue weighted by molar-refractivity contribution is 0.399. The minimum absolute atomic E-state index is 0.102. The summed E-state index contributed by atoms with van der Waals surface area (Å²) in [6.07, 6.45) is 9.02. The maximum absolute atomic E-state index is 9.21. The maximum atomic E-state index is 9.21. The largest absolute Gasteiger partial charge is 0.495 e. The zero-order valence-corrected chi connectivity index (χ0v) is 9.71. The van der Waals surface area contributed by atoms with Gasteiger partial charge in [0.15, 0.2) is 5.88 Å². The second kappa shape index (κ2) is 5.05. The van der Waals surface area contributed by atoms with Gasteiger partial charge < -0.3 is 10.8 Å². The Labute approximate surface area is 92.6 Å². The summed E-state index contributed by atoms with van der Waals surface area (Å²) in [5, 5.41) is 9.92. The molecule has 0 aromatic rings. The second-order valence-electron chi connectivity index (χ2n) is 3.14. The number of hydrogen-bond acceptors (Lipinski definition) is 2. The molecule has 0 heterocycles. The van der Waals surface area contributed by atoms with Crippen molar-refractivity contribution in [2.75, 3.05) is 5.33 Å². The predicted molar refractivity (Wildman–Crippen MR) is 63.2 cm³/mol. The lowest BCUT2D eigenvalue weighted by Crippen LogP contribution is -2.04. The van der Waals surface area contributed by atoms with Crippen LogP contribution in [0.4, 0.5) is 0 Å². The number of rotatable bonds is 2. The molecule has 1 aliphatic rings. The number of aliphatic hydroxyl groups excluding tert-OH is 1. The molecule has 76 valence electrons. The van der Waals surface area contributed by atoms with Crippen molar-refractivity contribution in [2.24, 2.45) is 5.73 Å². The Balaban J connectivity index is 3.08. The molecule has 0 atom stereocenters. The maximum Gasteiger partial charge on any atom is 0.184 e.